The number of Topliss-reactive ketones (excluding diaryl/α,β-unsaturated/α-hetero) is 1. The maximum atomic E-state index is 12.6. The molecule has 0 amide bonds. The number of ketones is 2. The van der Waals surface area contributed by atoms with E-state index in [-0.39, 0.29) is 22.7 Å². The Morgan fingerprint density at radius 3 is 2.78 bits per heavy atom. The number of rotatable bonds is 4. The summed E-state index contributed by atoms with van der Waals surface area (Å²) in [5.41, 5.74) is 0.900. The number of carbonyl (C=O) groups excluding carboxylic acids is 2. The number of hydrogen-bond donors (Lipinski definition) is 0. The third-order valence-electron chi connectivity index (χ3n) is 8.06. The van der Waals surface area contributed by atoms with Gasteiger partial charge in [0.2, 0.25) is 0 Å². The van der Waals surface area contributed by atoms with Gasteiger partial charge in [0.15, 0.2) is 5.78 Å². The second-order valence-corrected chi connectivity index (χ2v) is 9.35. The van der Waals surface area contributed by atoms with Gasteiger partial charge in [0.05, 0.1) is 12.7 Å². The van der Waals surface area contributed by atoms with E-state index in [1.54, 1.807) is 6.08 Å². The summed E-state index contributed by atoms with van der Waals surface area (Å²) in [5.74, 6) is 2.01. The number of fused-ring (bicyclic) bond motifs is 5. The van der Waals surface area contributed by atoms with Gasteiger partial charge >= 0.3 is 0 Å². The van der Waals surface area contributed by atoms with Gasteiger partial charge < -0.3 is 4.74 Å². The summed E-state index contributed by atoms with van der Waals surface area (Å²) in [4.78, 5) is 24.8. The zero-order valence-electron chi connectivity index (χ0n) is 16.9. The van der Waals surface area contributed by atoms with Crippen LogP contribution in [-0.4, -0.2) is 24.3 Å². The van der Waals surface area contributed by atoms with Crippen LogP contribution in [0.4, 0.5) is 0 Å². The molecule has 0 spiro atoms. The molecule has 3 fully saturated rings. The van der Waals surface area contributed by atoms with E-state index in [0.29, 0.717) is 30.1 Å². The summed E-state index contributed by atoms with van der Waals surface area (Å²) in [6.45, 7) is 7.20. The molecule has 3 heteroatoms. The predicted octanol–water partition coefficient (Wildman–Crippen LogP) is 4.82. The van der Waals surface area contributed by atoms with E-state index < -0.39 is 0 Å². The van der Waals surface area contributed by atoms with Crippen molar-refractivity contribution in [3.63, 3.8) is 0 Å². The molecule has 4 aliphatic rings. The van der Waals surface area contributed by atoms with Crippen molar-refractivity contribution in [2.75, 3.05) is 6.61 Å². The van der Waals surface area contributed by atoms with Crippen LogP contribution in [0.2, 0.25) is 0 Å². The van der Waals surface area contributed by atoms with Gasteiger partial charge in [0.1, 0.15) is 5.78 Å². The minimum Gasteiger partial charge on any atom is -0.370 e. The van der Waals surface area contributed by atoms with Crippen molar-refractivity contribution in [2.45, 2.75) is 65.4 Å². The average molecular weight is 369 g/mol. The molecule has 0 aliphatic heterocycles. The largest absolute Gasteiger partial charge is 0.370 e. The Bertz CT molecular complexity index is 730. The molecule has 0 aromatic rings. The minimum atomic E-state index is -0.139. The van der Waals surface area contributed by atoms with Crippen LogP contribution >= 0.6 is 0 Å². The molecule has 0 N–H and O–H groups in total. The predicted molar refractivity (Wildman–Crippen MR) is 106 cm³/mol. The molecule has 0 saturated heterocycles. The van der Waals surface area contributed by atoms with E-state index in [0.717, 1.165) is 44.1 Å². The van der Waals surface area contributed by atoms with E-state index >= 15 is 0 Å². The van der Waals surface area contributed by atoms with Crippen molar-refractivity contribution in [1.29, 1.82) is 0 Å². The van der Waals surface area contributed by atoms with Crippen LogP contribution in [0.5, 0.6) is 0 Å². The molecule has 6 atom stereocenters. The number of carbonyl (C=O) groups is 2. The highest BCUT2D eigenvalue weighted by atomic mass is 16.5. The quantitative estimate of drug-likeness (QED) is 0.668. The normalized spacial score (nSPS) is 43.4. The fourth-order valence-electron chi connectivity index (χ4n) is 6.56. The summed E-state index contributed by atoms with van der Waals surface area (Å²) in [6.07, 6.45) is 15.7. The lowest BCUT2D eigenvalue weighted by Crippen LogP contribution is -2.53. The molecule has 3 saturated carbocycles. The summed E-state index contributed by atoms with van der Waals surface area (Å²) in [7, 11) is 0. The highest BCUT2D eigenvalue weighted by Crippen LogP contribution is 2.63. The molecule has 4 rings (SSSR count). The Kier molecular flexibility index (Phi) is 4.78. The molecular weight excluding hydrogens is 336 g/mol. The SMILES string of the molecule is CCC=CCO[C@@H]1C[C@@H]2[C@H](CC[C@]3(C)C(=O)CC[C@@H]23)[C@@]2(C)C=CC(=O)C=C12. The van der Waals surface area contributed by atoms with Gasteiger partial charge in [-0.25, -0.2) is 0 Å². The molecule has 0 unspecified atom stereocenters. The molecule has 0 radical (unpaired) electrons. The van der Waals surface area contributed by atoms with Gasteiger partial charge in [0.25, 0.3) is 0 Å². The fraction of sp³-hybridized carbons (Fsp3) is 0.667. The summed E-state index contributed by atoms with van der Waals surface area (Å²) >= 11 is 0. The highest BCUT2D eigenvalue weighted by molar-refractivity contribution is 6.01. The molecule has 3 nitrogen and oxygen atoms in total. The molecule has 4 aliphatic carbocycles. The van der Waals surface area contributed by atoms with Crippen LogP contribution in [0.25, 0.3) is 0 Å². The lowest BCUT2D eigenvalue weighted by molar-refractivity contribution is -0.133. The van der Waals surface area contributed by atoms with Gasteiger partial charge in [-0.3, -0.25) is 9.59 Å². The first-order chi connectivity index (χ1) is 12.9. The molecular formula is C24H32O3. The average Bonchev–Trinajstić information content (AvgIpc) is 2.95. The summed E-state index contributed by atoms with van der Waals surface area (Å²) in [6, 6.07) is 0. The van der Waals surface area contributed by atoms with Crippen LogP contribution in [0.15, 0.2) is 36.0 Å². The van der Waals surface area contributed by atoms with E-state index in [9.17, 15) is 9.59 Å². The van der Waals surface area contributed by atoms with Crippen molar-refractivity contribution >= 4 is 11.6 Å². The van der Waals surface area contributed by atoms with Crippen molar-refractivity contribution in [3.05, 3.63) is 36.0 Å². The van der Waals surface area contributed by atoms with Gasteiger partial charge in [-0.15, -0.1) is 0 Å². The van der Waals surface area contributed by atoms with Gasteiger partial charge in [0, 0.05) is 17.3 Å². The molecule has 0 aromatic carbocycles. The van der Waals surface area contributed by atoms with E-state index in [1.807, 2.05) is 6.08 Å². The van der Waals surface area contributed by atoms with E-state index in [4.69, 9.17) is 4.74 Å². The van der Waals surface area contributed by atoms with E-state index in [1.165, 1.54) is 0 Å². The summed E-state index contributed by atoms with van der Waals surface area (Å²) < 4.78 is 6.30. The minimum absolute atomic E-state index is 0.0234. The Morgan fingerprint density at radius 1 is 1.19 bits per heavy atom. The van der Waals surface area contributed by atoms with Crippen LogP contribution in [-0.2, 0) is 14.3 Å². The first-order valence-corrected chi connectivity index (χ1v) is 10.7. The molecule has 0 aromatic heterocycles. The lowest BCUT2D eigenvalue weighted by Gasteiger charge is -2.57. The molecule has 27 heavy (non-hydrogen) atoms. The Morgan fingerprint density at radius 2 is 2.00 bits per heavy atom. The lowest BCUT2D eigenvalue weighted by atomic mass is 9.48. The standard InChI is InChI=1S/C24H32O3/c1-4-5-6-13-27-21-15-17-18-7-8-22(26)24(18,3)12-10-19(17)23(2)11-9-16(25)14-20(21)23/h5-6,9,11,14,17-19,21H,4,7-8,10,12-13,15H2,1-3H3/t17-,18-,19-,21+,23+,24-/m0/s1. The second kappa shape index (κ2) is 6.84. The van der Waals surface area contributed by atoms with Gasteiger partial charge in [-0.05, 0) is 67.6 Å². The first kappa shape index (κ1) is 18.9. The second-order valence-electron chi connectivity index (χ2n) is 9.35. The number of ether oxygens (including phenoxy) is 1. The third-order valence-corrected chi connectivity index (χ3v) is 8.06. The van der Waals surface area contributed by atoms with Crippen molar-refractivity contribution in [3.8, 4) is 0 Å². The van der Waals surface area contributed by atoms with Crippen LogP contribution < -0.4 is 0 Å². The number of allylic oxidation sites excluding steroid dienone is 4. The van der Waals surface area contributed by atoms with Crippen molar-refractivity contribution < 1.29 is 14.3 Å². The van der Waals surface area contributed by atoms with Crippen molar-refractivity contribution in [1.82, 2.24) is 0 Å². The maximum Gasteiger partial charge on any atom is 0.178 e. The van der Waals surface area contributed by atoms with Gasteiger partial charge in [-0.2, -0.15) is 0 Å². The Labute approximate surface area is 162 Å². The molecule has 146 valence electrons. The first-order valence-electron chi connectivity index (χ1n) is 10.7. The zero-order valence-corrected chi connectivity index (χ0v) is 16.9. The molecule has 0 bridgehead atoms. The topological polar surface area (TPSA) is 43.4 Å². The summed E-state index contributed by atoms with van der Waals surface area (Å²) in [5, 5.41) is 0. The monoisotopic (exact) mass is 368 g/mol. The Balaban J connectivity index is 1.67. The number of hydrogen-bond acceptors (Lipinski definition) is 3. The smallest absolute Gasteiger partial charge is 0.178 e. The van der Waals surface area contributed by atoms with E-state index in [2.05, 4.69) is 39.0 Å². The van der Waals surface area contributed by atoms with Crippen LogP contribution in [0.3, 0.4) is 0 Å². The van der Waals surface area contributed by atoms with Crippen LogP contribution in [0, 0.1) is 28.6 Å². The Hall–Kier alpha value is -1.48. The van der Waals surface area contributed by atoms with Crippen molar-refractivity contribution in [2.24, 2.45) is 28.6 Å². The van der Waals surface area contributed by atoms with Gasteiger partial charge in [-0.1, -0.05) is 39.0 Å². The fourth-order valence-corrected chi connectivity index (χ4v) is 6.56. The highest BCUT2D eigenvalue weighted by Gasteiger charge is 2.60. The maximum absolute atomic E-state index is 12.6. The molecule has 0 heterocycles. The van der Waals surface area contributed by atoms with Crippen LogP contribution in [0.1, 0.15) is 59.3 Å². The third kappa shape index (κ3) is 2.90. The zero-order chi connectivity index (χ0) is 19.2.